The minimum Gasteiger partial charge on any atom is -0.353 e. The van der Waals surface area contributed by atoms with Crippen molar-refractivity contribution >= 4 is 17.6 Å². The van der Waals surface area contributed by atoms with Crippen molar-refractivity contribution in [2.75, 3.05) is 37.6 Å². The monoisotopic (exact) mass is 393 g/mol. The summed E-state index contributed by atoms with van der Waals surface area (Å²) in [4.78, 5) is 39.8. The van der Waals surface area contributed by atoms with Crippen molar-refractivity contribution in [3.63, 3.8) is 0 Å². The smallest absolute Gasteiger partial charge is 0.228 e. The van der Waals surface area contributed by atoms with Gasteiger partial charge in [0.1, 0.15) is 12.1 Å². The van der Waals surface area contributed by atoms with Crippen molar-refractivity contribution < 1.29 is 9.59 Å². The zero-order valence-electron chi connectivity index (χ0n) is 17.0. The van der Waals surface area contributed by atoms with Crippen LogP contribution >= 0.6 is 0 Å². The van der Waals surface area contributed by atoms with Crippen molar-refractivity contribution in [1.82, 2.24) is 19.8 Å². The number of amides is 2. The number of carbonyl (C=O) groups excluding carboxylic acids is 2. The normalized spacial score (nSPS) is 19.9. The fraction of sp³-hybridized carbons (Fsp3) is 0.455. The molecule has 0 aliphatic carbocycles. The molecule has 1 unspecified atom stereocenters. The molecule has 1 aromatic heterocycles. The number of benzene rings is 1. The summed E-state index contributed by atoms with van der Waals surface area (Å²) in [5.41, 5.74) is 1.96. The van der Waals surface area contributed by atoms with Crippen LogP contribution < -0.4 is 4.90 Å². The van der Waals surface area contributed by atoms with Gasteiger partial charge < -0.3 is 14.7 Å². The van der Waals surface area contributed by atoms with Crippen LogP contribution in [0.1, 0.15) is 20.3 Å². The van der Waals surface area contributed by atoms with Gasteiger partial charge in [-0.1, -0.05) is 30.3 Å². The zero-order chi connectivity index (χ0) is 20.4. The van der Waals surface area contributed by atoms with Crippen LogP contribution in [0.5, 0.6) is 0 Å². The van der Waals surface area contributed by atoms with Gasteiger partial charge in [0.05, 0.1) is 11.6 Å². The van der Waals surface area contributed by atoms with E-state index in [2.05, 4.69) is 14.9 Å². The molecule has 0 bridgehead atoms. The first-order valence-electron chi connectivity index (χ1n) is 10.2. The summed E-state index contributed by atoms with van der Waals surface area (Å²) in [6.45, 7) is 7.29. The van der Waals surface area contributed by atoms with Gasteiger partial charge in [-0.3, -0.25) is 9.59 Å². The van der Waals surface area contributed by atoms with Gasteiger partial charge in [-0.05, 0) is 13.8 Å². The summed E-state index contributed by atoms with van der Waals surface area (Å²) in [5.74, 6) is 0.869. The number of carbonyl (C=O) groups is 2. The third kappa shape index (κ3) is 4.09. The lowest BCUT2D eigenvalue weighted by Gasteiger charge is -2.36. The Hall–Kier alpha value is -2.96. The Labute approximate surface area is 171 Å². The molecule has 1 atom stereocenters. The molecule has 2 saturated heterocycles. The maximum Gasteiger partial charge on any atom is 0.228 e. The number of piperazine rings is 1. The topological polar surface area (TPSA) is 69.6 Å². The van der Waals surface area contributed by atoms with Crippen LogP contribution in [-0.2, 0) is 9.59 Å². The predicted octanol–water partition coefficient (Wildman–Crippen LogP) is 2.05. The Morgan fingerprint density at radius 2 is 1.79 bits per heavy atom. The van der Waals surface area contributed by atoms with Crippen LogP contribution in [0, 0.1) is 5.92 Å². The summed E-state index contributed by atoms with van der Waals surface area (Å²) < 4.78 is 0. The van der Waals surface area contributed by atoms with Crippen LogP contribution in [0.4, 0.5) is 5.82 Å². The molecular weight excluding hydrogens is 366 g/mol. The highest BCUT2D eigenvalue weighted by molar-refractivity contribution is 5.89. The Balaban J connectivity index is 1.38. The van der Waals surface area contributed by atoms with Crippen LogP contribution in [0.25, 0.3) is 11.3 Å². The SMILES string of the molecule is CC(C)N1CC(C(=O)N2CCN(c3cc(-c4ccccc4)ncn3)CC2)CC1=O. The predicted molar refractivity (Wildman–Crippen MR) is 111 cm³/mol. The molecule has 7 heteroatoms. The van der Waals surface area contributed by atoms with Gasteiger partial charge in [-0.15, -0.1) is 0 Å². The van der Waals surface area contributed by atoms with E-state index in [9.17, 15) is 9.59 Å². The lowest BCUT2D eigenvalue weighted by atomic mass is 10.1. The van der Waals surface area contributed by atoms with Crippen molar-refractivity contribution in [2.45, 2.75) is 26.3 Å². The largest absolute Gasteiger partial charge is 0.353 e. The van der Waals surface area contributed by atoms with Crippen molar-refractivity contribution in [1.29, 1.82) is 0 Å². The summed E-state index contributed by atoms with van der Waals surface area (Å²) >= 11 is 0. The molecule has 2 fully saturated rings. The van der Waals surface area contributed by atoms with Crippen LogP contribution in [0.3, 0.4) is 0 Å². The molecular formula is C22H27N5O2. The molecule has 1 aromatic carbocycles. The third-order valence-corrected chi connectivity index (χ3v) is 5.77. The van der Waals surface area contributed by atoms with Crippen molar-refractivity contribution in [2.24, 2.45) is 5.92 Å². The van der Waals surface area contributed by atoms with Crippen LogP contribution in [-0.4, -0.2) is 70.3 Å². The van der Waals surface area contributed by atoms with Gasteiger partial charge in [-0.25, -0.2) is 9.97 Å². The van der Waals surface area contributed by atoms with Gasteiger partial charge in [-0.2, -0.15) is 0 Å². The number of nitrogens with zero attached hydrogens (tertiary/aromatic N) is 5. The molecule has 0 spiro atoms. The molecule has 0 N–H and O–H groups in total. The molecule has 2 aromatic rings. The fourth-order valence-corrected chi connectivity index (χ4v) is 4.10. The van der Waals surface area contributed by atoms with Crippen molar-refractivity contribution in [3.8, 4) is 11.3 Å². The number of rotatable bonds is 4. The van der Waals surface area contributed by atoms with E-state index in [1.807, 2.05) is 60.0 Å². The first-order valence-corrected chi connectivity index (χ1v) is 10.2. The Morgan fingerprint density at radius 1 is 1.07 bits per heavy atom. The maximum atomic E-state index is 12.9. The summed E-state index contributed by atoms with van der Waals surface area (Å²) in [6.07, 6.45) is 1.93. The zero-order valence-corrected chi connectivity index (χ0v) is 17.0. The quantitative estimate of drug-likeness (QED) is 0.795. The first kappa shape index (κ1) is 19.4. The molecule has 29 heavy (non-hydrogen) atoms. The van der Waals surface area contributed by atoms with Gasteiger partial charge in [0.25, 0.3) is 0 Å². The maximum absolute atomic E-state index is 12.9. The molecule has 0 saturated carbocycles. The van der Waals surface area contributed by atoms with E-state index in [-0.39, 0.29) is 23.8 Å². The second kappa shape index (κ2) is 8.19. The Morgan fingerprint density at radius 3 is 2.45 bits per heavy atom. The van der Waals surface area contributed by atoms with Crippen LogP contribution in [0.15, 0.2) is 42.7 Å². The molecule has 2 amide bonds. The summed E-state index contributed by atoms with van der Waals surface area (Å²) in [5, 5.41) is 0. The Kier molecular flexibility index (Phi) is 5.47. The summed E-state index contributed by atoms with van der Waals surface area (Å²) in [6, 6.07) is 12.2. The van der Waals surface area contributed by atoms with E-state index in [1.165, 1.54) is 0 Å². The number of hydrogen-bond acceptors (Lipinski definition) is 5. The number of hydrogen-bond donors (Lipinski definition) is 0. The molecule has 2 aliphatic heterocycles. The Bertz CT molecular complexity index is 878. The molecule has 7 nitrogen and oxygen atoms in total. The van der Waals surface area contributed by atoms with Crippen LogP contribution in [0.2, 0.25) is 0 Å². The number of aromatic nitrogens is 2. The highest BCUT2D eigenvalue weighted by Gasteiger charge is 2.38. The first-order chi connectivity index (χ1) is 14.0. The minimum absolute atomic E-state index is 0.0893. The number of likely N-dealkylation sites (tertiary alicyclic amines) is 1. The molecule has 152 valence electrons. The van der Waals surface area contributed by atoms with Gasteiger partial charge in [0.15, 0.2) is 0 Å². The summed E-state index contributed by atoms with van der Waals surface area (Å²) in [7, 11) is 0. The van der Waals surface area contributed by atoms with E-state index in [0.717, 1.165) is 30.2 Å². The lowest BCUT2D eigenvalue weighted by Crippen LogP contribution is -2.51. The molecule has 2 aliphatic rings. The van der Waals surface area contributed by atoms with E-state index in [1.54, 1.807) is 6.33 Å². The molecule has 4 rings (SSSR count). The third-order valence-electron chi connectivity index (χ3n) is 5.77. The number of anilines is 1. The van der Waals surface area contributed by atoms with E-state index in [4.69, 9.17) is 0 Å². The van der Waals surface area contributed by atoms with E-state index >= 15 is 0 Å². The van der Waals surface area contributed by atoms with Gasteiger partial charge in [0, 0.05) is 56.8 Å². The van der Waals surface area contributed by atoms with E-state index in [0.29, 0.717) is 26.1 Å². The standard InChI is InChI=1S/C22H27N5O2/c1-16(2)27-14-18(12-21(27)28)22(29)26-10-8-25(9-11-26)20-13-19(23-15-24-20)17-6-4-3-5-7-17/h3-7,13,15-16,18H,8-12,14H2,1-2H3. The average Bonchev–Trinajstić information content (AvgIpc) is 3.16. The lowest BCUT2D eigenvalue weighted by molar-refractivity contribution is -0.136. The van der Waals surface area contributed by atoms with E-state index < -0.39 is 0 Å². The molecule has 3 heterocycles. The fourth-order valence-electron chi connectivity index (χ4n) is 4.10. The van der Waals surface area contributed by atoms with Crippen molar-refractivity contribution in [3.05, 3.63) is 42.7 Å². The molecule has 0 radical (unpaired) electrons. The minimum atomic E-state index is -0.208. The van der Waals surface area contributed by atoms with Gasteiger partial charge >= 0.3 is 0 Å². The second-order valence-electron chi connectivity index (χ2n) is 7.98. The average molecular weight is 393 g/mol. The second-order valence-corrected chi connectivity index (χ2v) is 7.98. The highest BCUT2D eigenvalue weighted by Crippen LogP contribution is 2.24. The van der Waals surface area contributed by atoms with Gasteiger partial charge in [0.2, 0.25) is 11.8 Å². The highest BCUT2D eigenvalue weighted by atomic mass is 16.2.